The van der Waals surface area contributed by atoms with Crippen LogP contribution in [0, 0.1) is 28.6 Å². The van der Waals surface area contributed by atoms with E-state index in [1.54, 1.807) is 33.8 Å². The van der Waals surface area contributed by atoms with Crippen molar-refractivity contribution < 1.29 is 28.7 Å². The Hall–Kier alpha value is -4.42. The number of likely N-dealkylation sites (tertiary alicyclic amines) is 2. The van der Waals surface area contributed by atoms with Crippen molar-refractivity contribution in [2.75, 3.05) is 39.8 Å². The normalized spacial score (nSPS) is 22.9. The summed E-state index contributed by atoms with van der Waals surface area (Å²) < 4.78 is 7.56. The maximum atomic E-state index is 14.6. The molecule has 0 bridgehead atoms. The van der Waals surface area contributed by atoms with Crippen LogP contribution in [0.2, 0.25) is 0 Å². The molecule has 4 atom stereocenters. The first kappa shape index (κ1) is 39.3. The number of carbonyl (C=O) groups is 5. The van der Waals surface area contributed by atoms with Gasteiger partial charge in [0.25, 0.3) is 5.91 Å². The Morgan fingerprint density at radius 2 is 1.63 bits per heavy atom. The van der Waals surface area contributed by atoms with Crippen LogP contribution in [0.4, 0.5) is 4.79 Å². The minimum atomic E-state index is -1.08. The first-order chi connectivity index (χ1) is 25.5. The van der Waals surface area contributed by atoms with Gasteiger partial charge in [-0.15, -0.1) is 0 Å². The number of hydrogen-bond acceptors (Lipinski definition) is 7. The summed E-state index contributed by atoms with van der Waals surface area (Å²) in [6.45, 7) is 13.4. The lowest BCUT2D eigenvalue weighted by Gasteiger charge is -2.50. The maximum Gasteiger partial charge on any atom is 0.410 e. The van der Waals surface area contributed by atoms with Gasteiger partial charge in [0, 0.05) is 57.3 Å². The van der Waals surface area contributed by atoms with Crippen molar-refractivity contribution in [2.45, 2.75) is 104 Å². The van der Waals surface area contributed by atoms with Gasteiger partial charge in [-0.1, -0.05) is 63.4 Å². The molecule has 1 spiro atoms. The Bertz CT molecular complexity index is 1710. The lowest BCUT2D eigenvalue weighted by atomic mass is 9.70. The minimum Gasteiger partial charge on any atom is -0.444 e. The molecule has 2 aromatic rings. The van der Waals surface area contributed by atoms with Crippen LogP contribution in [0.5, 0.6) is 0 Å². The molecule has 2 aliphatic carbocycles. The van der Waals surface area contributed by atoms with E-state index in [0.717, 1.165) is 44.1 Å². The van der Waals surface area contributed by atoms with Gasteiger partial charge in [0.15, 0.2) is 0 Å². The van der Waals surface area contributed by atoms with E-state index in [2.05, 4.69) is 29.6 Å². The van der Waals surface area contributed by atoms with Gasteiger partial charge < -0.3 is 30.1 Å². The summed E-state index contributed by atoms with van der Waals surface area (Å²) in [7, 11) is 1.51. The largest absolute Gasteiger partial charge is 0.444 e. The summed E-state index contributed by atoms with van der Waals surface area (Å²) in [6.07, 6.45) is 8.88. The molecular formula is C41H59N7O6. The molecule has 1 unspecified atom stereocenters. The number of rotatable bonds is 11. The van der Waals surface area contributed by atoms with E-state index in [1.807, 2.05) is 56.0 Å². The van der Waals surface area contributed by atoms with Crippen LogP contribution < -0.4 is 10.6 Å². The molecule has 13 heteroatoms. The van der Waals surface area contributed by atoms with Gasteiger partial charge in [0.2, 0.25) is 17.7 Å². The molecule has 54 heavy (non-hydrogen) atoms. The molecule has 2 saturated carbocycles. The molecule has 0 radical (unpaired) electrons. The smallest absolute Gasteiger partial charge is 0.410 e. The number of nitrogens with one attached hydrogen (secondary N) is 2. The Balaban J connectivity index is 1.22. The second-order valence-electron chi connectivity index (χ2n) is 17.9. The summed E-state index contributed by atoms with van der Waals surface area (Å²) in [5, 5.41) is 10.2. The summed E-state index contributed by atoms with van der Waals surface area (Å²) >= 11 is 0. The lowest BCUT2D eigenvalue weighted by molar-refractivity contribution is -0.152. The summed E-state index contributed by atoms with van der Waals surface area (Å²) in [5.74, 6) is -1.44. The van der Waals surface area contributed by atoms with Crippen LogP contribution in [0.25, 0.3) is 0 Å². The highest BCUT2D eigenvalue weighted by Crippen LogP contribution is 2.54. The second-order valence-corrected chi connectivity index (χ2v) is 17.9. The Morgan fingerprint density at radius 3 is 2.24 bits per heavy atom. The van der Waals surface area contributed by atoms with E-state index < -0.39 is 41.0 Å². The van der Waals surface area contributed by atoms with Gasteiger partial charge in [0.05, 0.1) is 30.3 Å². The van der Waals surface area contributed by atoms with E-state index in [-0.39, 0.29) is 48.1 Å². The fourth-order valence-corrected chi connectivity index (χ4v) is 8.67. The summed E-state index contributed by atoms with van der Waals surface area (Å²) in [6, 6.07) is 8.05. The average molecular weight is 746 g/mol. The molecule has 5 amide bonds. The third-order valence-corrected chi connectivity index (χ3v) is 12.1. The van der Waals surface area contributed by atoms with Crippen molar-refractivity contribution >= 4 is 29.7 Å². The highest BCUT2D eigenvalue weighted by molar-refractivity contribution is 5.96. The number of amides is 5. The highest BCUT2D eigenvalue weighted by Gasteiger charge is 2.62. The van der Waals surface area contributed by atoms with Crippen molar-refractivity contribution in [3.05, 3.63) is 53.9 Å². The molecule has 13 nitrogen and oxygen atoms in total. The van der Waals surface area contributed by atoms with Crippen LogP contribution in [0.1, 0.15) is 96.0 Å². The monoisotopic (exact) mass is 745 g/mol. The highest BCUT2D eigenvalue weighted by atomic mass is 16.6. The fraction of sp³-hybridized carbons (Fsp3) is 0.659. The number of benzene rings is 1. The first-order valence-electron chi connectivity index (χ1n) is 19.7. The van der Waals surface area contributed by atoms with E-state index >= 15 is 0 Å². The van der Waals surface area contributed by atoms with Crippen molar-refractivity contribution in [3.63, 3.8) is 0 Å². The molecule has 294 valence electrons. The number of carbonyl (C=O) groups excluding carboxylic acids is 5. The van der Waals surface area contributed by atoms with E-state index in [4.69, 9.17) is 4.74 Å². The van der Waals surface area contributed by atoms with E-state index in [0.29, 0.717) is 31.7 Å². The Kier molecular flexibility index (Phi) is 11.2. The third kappa shape index (κ3) is 8.60. The van der Waals surface area contributed by atoms with Gasteiger partial charge in [0.1, 0.15) is 11.6 Å². The molecular weight excluding hydrogens is 686 g/mol. The molecule has 3 heterocycles. The number of ether oxygens (including phenoxy) is 1. The zero-order chi connectivity index (χ0) is 39.0. The molecule has 2 saturated heterocycles. The zero-order valence-electron chi connectivity index (χ0n) is 33.1. The minimum absolute atomic E-state index is 0.0390. The van der Waals surface area contributed by atoms with Crippen LogP contribution in [-0.4, -0.2) is 112 Å². The Morgan fingerprint density at radius 1 is 0.981 bits per heavy atom. The second kappa shape index (κ2) is 15.4. The quantitative estimate of drug-likeness (QED) is 0.349. The summed E-state index contributed by atoms with van der Waals surface area (Å²) in [4.78, 5) is 74.4. The lowest BCUT2D eigenvalue weighted by Crippen LogP contribution is -2.66. The molecule has 2 aliphatic heterocycles. The average Bonchev–Trinajstić information content (AvgIpc) is 3.41. The fourth-order valence-electron chi connectivity index (χ4n) is 8.67. The molecule has 1 aromatic heterocycles. The third-order valence-electron chi connectivity index (χ3n) is 12.1. The molecule has 4 aliphatic rings. The van der Waals surface area contributed by atoms with Gasteiger partial charge in [-0.3, -0.25) is 23.9 Å². The van der Waals surface area contributed by atoms with Crippen molar-refractivity contribution in [1.29, 1.82) is 0 Å². The van der Waals surface area contributed by atoms with Gasteiger partial charge >= 0.3 is 6.09 Å². The van der Waals surface area contributed by atoms with Crippen LogP contribution >= 0.6 is 0 Å². The van der Waals surface area contributed by atoms with Crippen LogP contribution in [0.15, 0.2) is 42.7 Å². The predicted molar refractivity (Wildman–Crippen MR) is 203 cm³/mol. The number of hydrogen-bond donors (Lipinski definition) is 2. The molecule has 2 N–H and O–H groups in total. The number of aromatic nitrogens is 2. The van der Waals surface area contributed by atoms with Gasteiger partial charge in [-0.05, 0) is 63.9 Å². The number of nitrogens with zero attached hydrogens (tertiary/aromatic N) is 5. The Labute approximate surface area is 319 Å². The van der Waals surface area contributed by atoms with Gasteiger partial charge in [-0.25, -0.2) is 4.79 Å². The first-order valence-corrected chi connectivity index (χ1v) is 19.7. The SMILES string of the molecule is CNC(=O)[C@@H](NC(=O)C1CN(C(=O)c2cnn(Cc3ccccc3)c2)CC12CN(C(=O)[C@H]1CC1(C)C)C2)[C@@H](C)N(CC1CCCCC1)C(=O)OC(C)(C)C. The van der Waals surface area contributed by atoms with E-state index in [9.17, 15) is 24.0 Å². The number of likely N-dealkylation sites (N-methyl/N-ethyl adjacent to an activating group) is 1. The van der Waals surface area contributed by atoms with Crippen molar-refractivity contribution in [2.24, 2.45) is 28.6 Å². The van der Waals surface area contributed by atoms with Crippen molar-refractivity contribution in [1.82, 2.24) is 35.1 Å². The zero-order valence-corrected chi connectivity index (χ0v) is 33.1. The molecule has 1 aromatic carbocycles. The molecule has 4 fully saturated rings. The maximum absolute atomic E-state index is 14.6. The van der Waals surface area contributed by atoms with Crippen molar-refractivity contribution in [3.8, 4) is 0 Å². The summed E-state index contributed by atoms with van der Waals surface area (Å²) in [5.41, 5.74) is 0.00155. The topological polar surface area (TPSA) is 146 Å². The standard InChI is InChI=1S/C41H59N7O6/c1-27(48(38(53)54-39(2,3)4)21-29-16-12-9-13-17-29)33(35(50)42-7)44-34(49)32-23-45(24-41(32)25-46(26-41)37(52)31-18-40(31,5)6)36(51)30-19-43-47(22-30)20-28-14-10-8-11-15-28/h8,10-11,14-15,19,22,27,29,31-33H,9,12-13,16-18,20-21,23-26H2,1-7H3,(H,42,50)(H,44,49)/t27-,31-,32?,33+/m1/s1. The van der Waals surface area contributed by atoms with Crippen LogP contribution in [0.3, 0.4) is 0 Å². The van der Waals surface area contributed by atoms with Gasteiger partial charge in [-0.2, -0.15) is 5.10 Å². The predicted octanol–water partition coefficient (Wildman–Crippen LogP) is 4.31. The van der Waals surface area contributed by atoms with E-state index in [1.165, 1.54) is 7.05 Å². The van der Waals surface area contributed by atoms with Crippen LogP contribution in [-0.2, 0) is 25.7 Å². The molecule has 6 rings (SSSR count).